The Morgan fingerprint density at radius 3 is 2.39 bits per heavy atom. The van der Waals surface area contributed by atoms with Crippen LogP contribution in [0, 0.1) is 5.92 Å². The maximum absolute atomic E-state index is 12.4. The lowest BCUT2D eigenvalue weighted by atomic mass is 9.99. The first-order valence-electron chi connectivity index (χ1n) is 10.9. The average Bonchev–Trinajstić information content (AvgIpc) is 2.82. The highest BCUT2D eigenvalue weighted by Gasteiger charge is 2.15. The molecule has 0 aliphatic carbocycles. The van der Waals surface area contributed by atoms with E-state index in [4.69, 9.17) is 0 Å². The highest BCUT2D eigenvalue weighted by Crippen LogP contribution is 2.19. The highest BCUT2D eigenvalue weighted by molar-refractivity contribution is 5.94. The Morgan fingerprint density at radius 1 is 0.968 bits per heavy atom. The minimum absolute atomic E-state index is 0.0380. The second-order valence-electron chi connectivity index (χ2n) is 8.15. The Kier molecular flexibility index (Phi) is 6.89. The number of nitrogens with zero attached hydrogens (tertiary/aromatic N) is 3. The molecule has 0 radical (unpaired) electrons. The van der Waals surface area contributed by atoms with Crippen molar-refractivity contribution in [1.82, 2.24) is 20.4 Å². The molecular formula is C25H29N5O. The Balaban J connectivity index is 1.26. The summed E-state index contributed by atoms with van der Waals surface area (Å²) in [5.74, 6) is 1.45. The third-order valence-electron chi connectivity index (χ3n) is 5.74. The molecule has 0 spiro atoms. The van der Waals surface area contributed by atoms with Crippen LogP contribution in [0.4, 0.5) is 11.5 Å². The molecule has 0 bridgehead atoms. The van der Waals surface area contributed by atoms with Crippen molar-refractivity contribution in [2.24, 2.45) is 5.92 Å². The largest absolute Gasteiger partial charge is 0.351 e. The lowest BCUT2D eigenvalue weighted by Crippen LogP contribution is -2.39. The lowest BCUT2D eigenvalue weighted by Gasteiger charge is -2.30. The summed E-state index contributed by atoms with van der Waals surface area (Å²) in [5, 5.41) is 14.8. The maximum atomic E-state index is 12.4. The Labute approximate surface area is 183 Å². The molecule has 0 unspecified atom stereocenters. The van der Waals surface area contributed by atoms with Gasteiger partial charge in [0.1, 0.15) is 0 Å². The van der Waals surface area contributed by atoms with E-state index < -0.39 is 0 Å². The fraction of sp³-hybridized carbons (Fsp3) is 0.320. The van der Waals surface area contributed by atoms with Gasteiger partial charge in [0, 0.05) is 29.9 Å². The SMILES string of the molecule is CC1CCN(CCNC(=O)c2ccc(Nc3ccc(-c4ccccc4)nn3)cc2)CC1. The molecule has 2 aromatic carbocycles. The molecular weight excluding hydrogens is 386 g/mol. The monoisotopic (exact) mass is 415 g/mol. The van der Waals surface area contributed by atoms with Crippen LogP contribution in [0.15, 0.2) is 66.7 Å². The van der Waals surface area contributed by atoms with Crippen LogP contribution in [0.3, 0.4) is 0 Å². The van der Waals surface area contributed by atoms with Gasteiger partial charge in [0.15, 0.2) is 5.82 Å². The second-order valence-corrected chi connectivity index (χ2v) is 8.15. The summed E-state index contributed by atoms with van der Waals surface area (Å²) in [5.41, 5.74) is 3.38. The number of likely N-dealkylation sites (tertiary alicyclic amines) is 1. The molecule has 2 heterocycles. The highest BCUT2D eigenvalue weighted by atomic mass is 16.1. The molecule has 6 heteroatoms. The number of aromatic nitrogens is 2. The van der Waals surface area contributed by atoms with E-state index in [1.165, 1.54) is 12.8 Å². The minimum atomic E-state index is -0.0380. The van der Waals surface area contributed by atoms with Crippen LogP contribution in [-0.4, -0.2) is 47.2 Å². The van der Waals surface area contributed by atoms with Gasteiger partial charge in [0.2, 0.25) is 0 Å². The fourth-order valence-electron chi connectivity index (χ4n) is 3.73. The topological polar surface area (TPSA) is 70.2 Å². The van der Waals surface area contributed by atoms with Crippen LogP contribution in [0.2, 0.25) is 0 Å². The summed E-state index contributed by atoms with van der Waals surface area (Å²) in [6.07, 6.45) is 2.50. The minimum Gasteiger partial charge on any atom is -0.351 e. The number of benzene rings is 2. The number of rotatable bonds is 7. The van der Waals surface area contributed by atoms with Crippen LogP contribution < -0.4 is 10.6 Å². The van der Waals surface area contributed by atoms with Crippen LogP contribution >= 0.6 is 0 Å². The lowest BCUT2D eigenvalue weighted by molar-refractivity contribution is 0.0944. The number of piperidine rings is 1. The zero-order chi connectivity index (χ0) is 21.5. The number of hydrogen-bond acceptors (Lipinski definition) is 5. The summed E-state index contributed by atoms with van der Waals surface area (Å²) in [7, 11) is 0. The quantitative estimate of drug-likeness (QED) is 0.600. The number of amides is 1. The Hall–Kier alpha value is -3.25. The van der Waals surface area contributed by atoms with Crippen molar-refractivity contribution in [3.05, 3.63) is 72.3 Å². The molecule has 2 N–H and O–H groups in total. The van der Waals surface area contributed by atoms with Gasteiger partial charge in [-0.15, -0.1) is 10.2 Å². The van der Waals surface area contributed by atoms with E-state index in [0.717, 1.165) is 42.5 Å². The van der Waals surface area contributed by atoms with E-state index in [1.807, 2.05) is 66.7 Å². The summed E-state index contributed by atoms with van der Waals surface area (Å²) < 4.78 is 0. The molecule has 31 heavy (non-hydrogen) atoms. The summed E-state index contributed by atoms with van der Waals surface area (Å²) >= 11 is 0. The number of nitrogens with one attached hydrogen (secondary N) is 2. The molecule has 160 valence electrons. The number of anilines is 2. The zero-order valence-corrected chi connectivity index (χ0v) is 17.9. The number of hydrogen-bond donors (Lipinski definition) is 2. The van der Waals surface area contributed by atoms with E-state index in [9.17, 15) is 4.79 Å². The molecule has 6 nitrogen and oxygen atoms in total. The van der Waals surface area contributed by atoms with E-state index in [2.05, 4.69) is 32.7 Å². The van der Waals surface area contributed by atoms with Crippen LogP contribution in [0.5, 0.6) is 0 Å². The first kappa shape index (κ1) is 21.0. The normalized spacial score (nSPS) is 14.9. The molecule has 1 amide bonds. The van der Waals surface area contributed by atoms with E-state index >= 15 is 0 Å². The Bertz CT molecular complexity index is 965. The van der Waals surface area contributed by atoms with Gasteiger partial charge in [0.25, 0.3) is 5.91 Å². The molecule has 1 fully saturated rings. The molecule has 4 rings (SSSR count). The molecule has 0 saturated carbocycles. The second kappa shape index (κ2) is 10.2. The predicted molar refractivity (Wildman–Crippen MR) is 124 cm³/mol. The summed E-state index contributed by atoms with van der Waals surface area (Å²) in [6, 6.07) is 21.2. The maximum Gasteiger partial charge on any atom is 0.251 e. The average molecular weight is 416 g/mol. The van der Waals surface area contributed by atoms with E-state index in [-0.39, 0.29) is 5.91 Å². The van der Waals surface area contributed by atoms with Gasteiger partial charge in [-0.2, -0.15) is 0 Å². The van der Waals surface area contributed by atoms with Crippen molar-refractivity contribution in [2.75, 3.05) is 31.5 Å². The van der Waals surface area contributed by atoms with Crippen molar-refractivity contribution < 1.29 is 4.79 Å². The Morgan fingerprint density at radius 2 is 1.71 bits per heavy atom. The molecule has 1 aliphatic heterocycles. The van der Waals surface area contributed by atoms with Crippen LogP contribution in [0.25, 0.3) is 11.3 Å². The van der Waals surface area contributed by atoms with Crippen molar-refractivity contribution in [3.8, 4) is 11.3 Å². The van der Waals surface area contributed by atoms with Gasteiger partial charge in [-0.3, -0.25) is 4.79 Å². The van der Waals surface area contributed by atoms with Crippen molar-refractivity contribution in [3.63, 3.8) is 0 Å². The first-order chi connectivity index (χ1) is 15.2. The number of carbonyl (C=O) groups is 1. The third kappa shape index (κ3) is 5.89. The first-order valence-corrected chi connectivity index (χ1v) is 10.9. The van der Waals surface area contributed by atoms with E-state index in [1.54, 1.807) is 0 Å². The van der Waals surface area contributed by atoms with Crippen LogP contribution in [0.1, 0.15) is 30.1 Å². The van der Waals surface area contributed by atoms with Gasteiger partial charge in [-0.05, 0) is 68.2 Å². The van der Waals surface area contributed by atoms with Crippen molar-refractivity contribution in [2.45, 2.75) is 19.8 Å². The zero-order valence-electron chi connectivity index (χ0n) is 17.9. The fourth-order valence-corrected chi connectivity index (χ4v) is 3.73. The van der Waals surface area contributed by atoms with Gasteiger partial charge < -0.3 is 15.5 Å². The molecule has 3 aromatic rings. The van der Waals surface area contributed by atoms with Gasteiger partial charge in [-0.25, -0.2) is 0 Å². The number of carbonyl (C=O) groups excluding carboxylic acids is 1. The van der Waals surface area contributed by atoms with Crippen molar-refractivity contribution in [1.29, 1.82) is 0 Å². The van der Waals surface area contributed by atoms with E-state index in [0.29, 0.717) is 17.9 Å². The molecule has 1 saturated heterocycles. The standard InChI is InChI=1S/C25H29N5O/c1-19-13-16-30(17-14-19)18-15-26-25(31)21-7-9-22(10-8-21)27-24-12-11-23(28-29-24)20-5-3-2-4-6-20/h2-12,19H,13-18H2,1H3,(H,26,31)(H,27,29). The van der Waals surface area contributed by atoms with Crippen molar-refractivity contribution >= 4 is 17.4 Å². The predicted octanol–water partition coefficient (Wildman–Crippen LogP) is 4.35. The summed E-state index contributed by atoms with van der Waals surface area (Å²) in [6.45, 7) is 6.16. The third-order valence-corrected chi connectivity index (χ3v) is 5.74. The molecule has 1 aliphatic rings. The summed E-state index contributed by atoms with van der Waals surface area (Å²) in [4.78, 5) is 14.8. The molecule has 0 atom stereocenters. The van der Waals surface area contributed by atoms with Gasteiger partial charge in [0.05, 0.1) is 5.69 Å². The van der Waals surface area contributed by atoms with Gasteiger partial charge in [-0.1, -0.05) is 37.3 Å². The van der Waals surface area contributed by atoms with Crippen LogP contribution in [-0.2, 0) is 0 Å². The molecule has 1 aromatic heterocycles. The smallest absolute Gasteiger partial charge is 0.251 e. The van der Waals surface area contributed by atoms with Gasteiger partial charge >= 0.3 is 0 Å².